The second kappa shape index (κ2) is 4.93. The highest BCUT2D eigenvalue weighted by Crippen LogP contribution is 2.18. The Bertz CT molecular complexity index is 340. The molecule has 1 fully saturated rings. The molecule has 90 valence electrons. The number of piperidine rings is 1. The first kappa shape index (κ1) is 11.5. The third kappa shape index (κ3) is 2.59. The van der Waals surface area contributed by atoms with E-state index in [1.807, 2.05) is 6.92 Å². The van der Waals surface area contributed by atoms with Crippen molar-refractivity contribution >= 4 is 0 Å². The molecule has 1 aromatic heterocycles. The molecule has 1 saturated heterocycles. The van der Waals surface area contributed by atoms with Gasteiger partial charge >= 0.3 is 0 Å². The minimum Gasteiger partial charge on any atom is -0.392 e. The van der Waals surface area contributed by atoms with E-state index >= 15 is 0 Å². The van der Waals surface area contributed by atoms with Crippen LogP contribution < -0.4 is 0 Å². The van der Waals surface area contributed by atoms with Crippen molar-refractivity contribution in [2.45, 2.75) is 39.3 Å². The Morgan fingerprint density at radius 1 is 1.56 bits per heavy atom. The molecule has 0 saturated carbocycles. The van der Waals surface area contributed by atoms with E-state index in [0.717, 1.165) is 25.2 Å². The molecule has 2 heterocycles. The molecular formula is C11H19N3O2. The topological polar surface area (TPSA) is 62.4 Å². The van der Waals surface area contributed by atoms with E-state index in [1.165, 1.54) is 0 Å². The first-order chi connectivity index (χ1) is 7.69. The minimum absolute atomic E-state index is 0.234. The lowest BCUT2D eigenvalue weighted by molar-refractivity contribution is 0.0220. The molecule has 5 heteroatoms. The summed E-state index contributed by atoms with van der Waals surface area (Å²) < 4.78 is 5.14. The summed E-state index contributed by atoms with van der Waals surface area (Å²) in [4.78, 5) is 6.43. The summed E-state index contributed by atoms with van der Waals surface area (Å²) in [7, 11) is 0. The third-order valence-electron chi connectivity index (χ3n) is 3.19. The van der Waals surface area contributed by atoms with Crippen LogP contribution in [0.3, 0.4) is 0 Å². The SMILES string of the molecule is CCc1noc(CN2CCC(C)C(O)C2)n1. The fraction of sp³-hybridized carbons (Fsp3) is 0.818. The standard InChI is InChI=1S/C11H19N3O2/c1-3-10-12-11(16-13-10)7-14-5-4-8(2)9(15)6-14/h8-9,15H,3-7H2,1-2H3. The number of aliphatic hydroxyl groups excluding tert-OH is 1. The summed E-state index contributed by atoms with van der Waals surface area (Å²) in [6.07, 6.45) is 1.58. The van der Waals surface area contributed by atoms with E-state index in [0.29, 0.717) is 24.9 Å². The maximum absolute atomic E-state index is 9.77. The maximum atomic E-state index is 9.77. The van der Waals surface area contributed by atoms with Crippen LogP contribution in [-0.4, -0.2) is 39.3 Å². The van der Waals surface area contributed by atoms with Gasteiger partial charge in [0.2, 0.25) is 5.89 Å². The highest BCUT2D eigenvalue weighted by Gasteiger charge is 2.25. The van der Waals surface area contributed by atoms with E-state index in [4.69, 9.17) is 4.52 Å². The molecule has 2 atom stereocenters. The van der Waals surface area contributed by atoms with Gasteiger partial charge in [0.05, 0.1) is 12.6 Å². The van der Waals surface area contributed by atoms with E-state index in [1.54, 1.807) is 0 Å². The molecule has 0 amide bonds. The van der Waals surface area contributed by atoms with Crippen LogP contribution >= 0.6 is 0 Å². The molecule has 0 aliphatic carbocycles. The smallest absolute Gasteiger partial charge is 0.240 e. The monoisotopic (exact) mass is 225 g/mol. The highest BCUT2D eigenvalue weighted by atomic mass is 16.5. The van der Waals surface area contributed by atoms with E-state index in [2.05, 4.69) is 22.0 Å². The van der Waals surface area contributed by atoms with Crippen LogP contribution in [0.4, 0.5) is 0 Å². The Labute approximate surface area is 95.4 Å². The van der Waals surface area contributed by atoms with Crippen molar-refractivity contribution in [2.75, 3.05) is 13.1 Å². The zero-order valence-electron chi connectivity index (χ0n) is 9.89. The average molecular weight is 225 g/mol. The number of nitrogens with zero attached hydrogens (tertiary/aromatic N) is 3. The fourth-order valence-corrected chi connectivity index (χ4v) is 1.95. The lowest BCUT2D eigenvalue weighted by Crippen LogP contribution is -2.42. The Hall–Kier alpha value is -0.940. The van der Waals surface area contributed by atoms with Gasteiger partial charge in [0, 0.05) is 13.0 Å². The molecule has 1 aromatic rings. The summed E-state index contributed by atoms with van der Waals surface area (Å²) in [5.74, 6) is 1.80. The molecule has 0 spiro atoms. The predicted octanol–water partition coefficient (Wildman–Crippen LogP) is 0.835. The van der Waals surface area contributed by atoms with E-state index in [-0.39, 0.29) is 6.10 Å². The zero-order chi connectivity index (χ0) is 11.5. The van der Waals surface area contributed by atoms with Crippen molar-refractivity contribution < 1.29 is 9.63 Å². The molecule has 2 rings (SSSR count). The van der Waals surface area contributed by atoms with Crippen LogP contribution in [0.15, 0.2) is 4.52 Å². The Balaban J connectivity index is 1.90. The van der Waals surface area contributed by atoms with Gasteiger partial charge in [-0.15, -0.1) is 0 Å². The number of β-amino-alcohol motifs (C(OH)–C–C–N with tert-alkyl or cyclic N) is 1. The normalized spacial score (nSPS) is 27.2. The van der Waals surface area contributed by atoms with Crippen LogP contribution in [0.5, 0.6) is 0 Å². The molecule has 1 N–H and O–H groups in total. The van der Waals surface area contributed by atoms with Gasteiger partial charge in [-0.25, -0.2) is 0 Å². The average Bonchev–Trinajstić information content (AvgIpc) is 2.71. The molecule has 5 nitrogen and oxygen atoms in total. The molecule has 0 aromatic carbocycles. The van der Waals surface area contributed by atoms with Crippen LogP contribution in [0, 0.1) is 5.92 Å². The van der Waals surface area contributed by atoms with Gasteiger partial charge < -0.3 is 9.63 Å². The van der Waals surface area contributed by atoms with Gasteiger partial charge in [-0.05, 0) is 18.9 Å². The largest absolute Gasteiger partial charge is 0.392 e. The minimum atomic E-state index is -0.234. The van der Waals surface area contributed by atoms with Crippen LogP contribution in [-0.2, 0) is 13.0 Å². The summed E-state index contributed by atoms with van der Waals surface area (Å²) in [6, 6.07) is 0. The molecule has 0 bridgehead atoms. The quantitative estimate of drug-likeness (QED) is 0.825. The number of aryl methyl sites for hydroxylation is 1. The van der Waals surface area contributed by atoms with Crippen molar-refractivity contribution in [1.82, 2.24) is 15.0 Å². The van der Waals surface area contributed by atoms with Crippen molar-refractivity contribution in [3.05, 3.63) is 11.7 Å². The summed E-state index contributed by atoms with van der Waals surface area (Å²) >= 11 is 0. The Morgan fingerprint density at radius 2 is 2.38 bits per heavy atom. The lowest BCUT2D eigenvalue weighted by atomic mass is 9.96. The van der Waals surface area contributed by atoms with Gasteiger partial charge in [-0.3, -0.25) is 4.90 Å². The first-order valence-electron chi connectivity index (χ1n) is 5.91. The Morgan fingerprint density at radius 3 is 3.00 bits per heavy atom. The van der Waals surface area contributed by atoms with Crippen LogP contribution in [0.25, 0.3) is 0 Å². The lowest BCUT2D eigenvalue weighted by Gasteiger charge is -2.33. The molecular weight excluding hydrogens is 206 g/mol. The van der Waals surface area contributed by atoms with Crippen molar-refractivity contribution in [1.29, 1.82) is 0 Å². The maximum Gasteiger partial charge on any atom is 0.240 e. The number of aromatic nitrogens is 2. The fourth-order valence-electron chi connectivity index (χ4n) is 1.95. The predicted molar refractivity (Wildman–Crippen MR) is 58.7 cm³/mol. The molecule has 16 heavy (non-hydrogen) atoms. The van der Waals surface area contributed by atoms with Crippen molar-refractivity contribution in [2.24, 2.45) is 5.92 Å². The third-order valence-corrected chi connectivity index (χ3v) is 3.19. The van der Waals surface area contributed by atoms with Gasteiger partial charge in [-0.1, -0.05) is 19.0 Å². The van der Waals surface area contributed by atoms with Crippen molar-refractivity contribution in [3.8, 4) is 0 Å². The number of aliphatic hydroxyl groups is 1. The van der Waals surface area contributed by atoms with Gasteiger partial charge in [0.25, 0.3) is 0 Å². The second-order valence-corrected chi connectivity index (χ2v) is 4.53. The summed E-state index contributed by atoms with van der Waals surface area (Å²) in [5, 5.41) is 13.6. The molecule has 1 aliphatic heterocycles. The first-order valence-corrected chi connectivity index (χ1v) is 5.91. The Kier molecular flexibility index (Phi) is 3.56. The number of hydrogen-bond donors (Lipinski definition) is 1. The van der Waals surface area contributed by atoms with E-state index in [9.17, 15) is 5.11 Å². The summed E-state index contributed by atoms with van der Waals surface area (Å²) in [5.41, 5.74) is 0. The van der Waals surface area contributed by atoms with Gasteiger partial charge in [-0.2, -0.15) is 4.98 Å². The highest BCUT2D eigenvalue weighted by molar-refractivity contribution is 4.87. The van der Waals surface area contributed by atoms with E-state index < -0.39 is 0 Å². The second-order valence-electron chi connectivity index (χ2n) is 4.53. The molecule has 2 unspecified atom stereocenters. The van der Waals surface area contributed by atoms with Gasteiger partial charge in [0.15, 0.2) is 5.82 Å². The zero-order valence-corrected chi connectivity index (χ0v) is 9.89. The summed E-state index contributed by atoms with van der Waals surface area (Å²) in [6.45, 7) is 6.43. The number of hydrogen-bond acceptors (Lipinski definition) is 5. The number of rotatable bonds is 3. The van der Waals surface area contributed by atoms with Crippen LogP contribution in [0.1, 0.15) is 32.0 Å². The number of likely N-dealkylation sites (tertiary alicyclic amines) is 1. The molecule has 1 aliphatic rings. The van der Waals surface area contributed by atoms with Gasteiger partial charge in [0.1, 0.15) is 0 Å². The van der Waals surface area contributed by atoms with Crippen molar-refractivity contribution in [3.63, 3.8) is 0 Å². The van der Waals surface area contributed by atoms with Crippen LogP contribution in [0.2, 0.25) is 0 Å². The molecule has 0 radical (unpaired) electrons.